The molecule has 6 aromatic heterocycles. The Morgan fingerprint density at radius 3 is 1.53 bits per heavy atom. The van der Waals surface area contributed by atoms with Gasteiger partial charge in [0.2, 0.25) is 0 Å². The molecule has 0 spiro atoms. The van der Waals surface area contributed by atoms with Crippen molar-refractivity contribution in [2.75, 3.05) is 36.1 Å². The predicted octanol–water partition coefficient (Wildman–Crippen LogP) is 13.4. The number of anilines is 2. The van der Waals surface area contributed by atoms with E-state index in [2.05, 4.69) is 220 Å². The number of imidazole rings is 2. The molecule has 1 fully saturated rings. The van der Waals surface area contributed by atoms with Crippen LogP contribution < -0.4 is 15.3 Å². The molecule has 0 unspecified atom stereocenters. The minimum Gasteiger partial charge on any atom is -0.399 e. The van der Waals surface area contributed by atoms with Gasteiger partial charge in [0.05, 0.1) is 22.2 Å². The van der Waals surface area contributed by atoms with Crippen molar-refractivity contribution in [3.63, 3.8) is 0 Å². The first-order valence-corrected chi connectivity index (χ1v) is 38.5. The van der Waals surface area contributed by atoms with Crippen LogP contribution in [0.2, 0.25) is 51.4 Å². The molecule has 9 heterocycles. The molecule has 3 aliphatic rings. The van der Waals surface area contributed by atoms with Gasteiger partial charge in [-0.3, -0.25) is 9.13 Å². The predicted molar refractivity (Wildman–Crippen MR) is 362 cm³/mol. The van der Waals surface area contributed by atoms with Crippen LogP contribution in [0.15, 0.2) is 122 Å². The lowest BCUT2D eigenvalue weighted by molar-refractivity contribution is 0.00578. The van der Waals surface area contributed by atoms with Crippen molar-refractivity contribution >= 4 is 107 Å². The summed E-state index contributed by atoms with van der Waals surface area (Å²) in [7, 11) is -2.63. The molecule has 0 saturated carbocycles. The van der Waals surface area contributed by atoms with Gasteiger partial charge < -0.3 is 28.6 Å². The number of fused-ring (bicyclic) bond motifs is 6. The monoisotopic (exact) mass is 1300 g/mol. The van der Waals surface area contributed by atoms with Gasteiger partial charge in [0.1, 0.15) is 60.4 Å². The molecule has 1 saturated heterocycles. The summed E-state index contributed by atoms with van der Waals surface area (Å²) >= 11 is 2.34. The van der Waals surface area contributed by atoms with Crippen molar-refractivity contribution < 1.29 is 18.8 Å². The number of pyridine rings is 2. The summed E-state index contributed by atoms with van der Waals surface area (Å²) in [6.07, 6.45) is 9.20. The largest absolute Gasteiger partial charge is 0.496 e. The highest BCUT2D eigenvalue weighted by Crippen LogP contribution is 2.37. The highest BCUT2D eigenvalue weighted by molar-refractivity contribution is 14.1. The zero-order valence-corrected chi connectivity index (χ0v) is 56.1. The van der Waals surface area contributed by atoms with Crippen molar-refractivity contribution in [1.29, 1.82) is 0 Å². The molecule has 13 rings (SSSR count). The van der Waals surface area contributed by atoms with Gasteiger partial charge in [-0.25, -0.2) is 39.9 Å². The highest BCUT2D eigenvalue weighted by atomic mass is 127. The van der Waals surface area contributed by atoms with Gasteiger partial charge in [-0.05, 0) is 159 Å². The van der Waals surface area contributed by atoms with Gasteiger partial charge in [-0.15, -0.1) is 0 Å². The smallest absolute Gasteiger partial charge is 0.399 e. The molecule has 0 atom stereocenters. The van der Waals surface area contributed by atoms with Gasteiger partial charge in [0.25, 0.3) is 0 Å². The minimum absolute atomic E-state index is 0.369. The lowest BCUT2D eigenvalue weighted by Crippen LogP contribution is -2.41. The normalized spacial score (nSPS) is 15.6. The molecule has 0 bridgehead atoms. The van der Waals surface area contributed by atoms with Crippen LogP contribution in [0.1, 0.15) is 61.6 Å². The van der Waals surface area contributed by atoms with E-state index in [0.29, 0.717) is 13.5 Å². The van der Waals surface area contributed by atoms with E-state index in [-0.39, 0.29) is 11.2 Å². The van der Waals surface area contributed by atoms with E-state index in [4.69, 9.17) is 33.7 Å². The summed E-state index contributed by atoms with van der Waals surface area (Å²) in [6, 6.07) is 36.5. The maximum Gasteiger partial charge on any atom is 0.496 e. The fourth-order valence-corrected chi connectivity index (χ4v) is 13.0. The fourth-order valence-electron chi connectivity index (χ4n) is 11.0. The molecular weight excluding hydrogens is 1220 g/mol. The van der Waals surface area contributed by atoms with E-state index in [1.54, 1.807) is 12.7 Å². The number of halogens is 1. The van der Waals surface area contributed by atoms with Crippen molar-refractivity contribution in [2.24, 2.45) is 0 Å². The Kier molecular flexibility index (Phi) is 18.0. The summed E-state index contributed by atoms with van der Waals surface area (Å²) < 4.78 is 29.5. The van der Waals surface area contributed by atoms with Crippen molar-refractivity contribution in [2.45, 2.75) is 144 Å². The molecule has 446 valence electrons. The van der Waals surface area contributed by atoms with E-state index < -0.39 is 23.3 Å². The van der Waals surface area contributed by atoms with Crippen LogP contribution in [0, 0.1) is 17.4 Å². The summed E-state index contributed by atoms with van der Waals surface area (Å²) in [6.45, 7) is 32.6. The van der Waals surface area contributed by atoms with Crippen LogP contribution in [0.5, 0.6) is 0 Å². The molecular formula is C66H80BIN12O4Si2. The minimum atomic E-state index is -1.12. The van der Waals surface area contributed by atoms with E-state index in [9.17, 15) is 0 Å². The Bertz CT molecular complexity index is 4050. The third-order valence-electron chi connectivity index (χ3n) is 16.9. The molecule has 20 heteroatoms. The first kappa shape index (κ1) is 61.1. The van der Waals surface area contributed by atoms with Crippen LogP contribution in [-0.2, 0) is 58.2 Å². The van der Waals surface area contributed by atoms with Crippen LogP contribution in [0.4, 0.5) is 11.6 Å². The Labute approximate surface area is 521 Å². The Balaban J connectivity index is 0.000000141. The zero-order valence-electron chi connectivity index (χ0n) is 52.0. The molecule has 0 radical (unpaired) electrons. The molecule has 0 aliphatic carbocycles. The number of aryl methyl sites for hydroxylation is 2. The molecule has 4 aromatic carbocycles. The lowest BCUT2D eigenvalue weighted by Gasteiger charge is -2.32. The summed E-state index contributed by atoms with van der Waals surface area (Å²) in [5.74, 6) is 3.85. The van der Waals surface area contributed by atoms with Gasteiger partial charge in [0, 0.05) is 93.3 Å². The molecule has 0 amide bonds. The van der Waals surface area contributed by atoms with E-state index >= 15 is 0 Å². The second-order valence-electron chi connectivity index (χ2n) is 26.3. The quantitative estimate of drug-likeness (QED) is 0.0575. The standard InChI is InChI=1S/C30H34N6OSi.C19H32BN3O3Si.C17H14IN3/c1-21-34-28-16-25(17-31-30(28)36(21)20-37-13-14-38(2,3)4)23-9-10-27-26(15-23)29(33-19-32-27)35-12-11-22-7-5-6-8-24(22)18-35;1-14-22-16-11-15(20-25-18(2,3)19(4,5)26-20)12-21-17(16)23(14)13-24-9-10-27(6,7)8;18-14-5-6-16-15(9-14)17(20-11-19-16)21-8-7-12-3-1-2-4-13(12)10-21/h5-10,15-17,19H,11-14,18,20H2,1-4H3;11-12H,9-10,13H2,1-8H3;1-6,9,11H,7-8,10H2. The van der Waals surface area contributed by atoms with Gasteiger partial charge in [-0.1, -0.05) is 93.9 Å². The van der Waals surface area contributed by atoms with Crippen molar-refractivity contribution in [3.8, 4) is 11.1 Å². The number of benzene rings is 4. The SMILES string of the molecule is Cc1nc2cc(-c3ccc4ncnc(N5CCc6ccccc6C5)c4c3)cnc2n1COCC[Si](C)(C)C.Cc1nc2cc(B3OC(C)(C)C(C)(C)O3)cnc2n1COCC[Si](C)(C)C.Ic1ccc2ncnc(N3CCc4ccccc4C3)c2c1. The molecule has 0 N–H and O–H groups in total. The first-order valence-electron chi connectivity index (χ1n) is 30.0. The third-order valence-corrected chi connectivity index (χ3v) is 21.0. The molecule has 10 aromatic rings. The number of rotatable bonds is 14. The number of hydrogen-bond donors (Lipinski definition) is 0. The van der Waals surface area contributed by atoms with E-state index in [1.807, 2.05) is 36.9 Å². The van der Waals surface area contributed by atoms with Gasteiger partial charge >= 0.3 is 7.12 Å². The second-order valence-corrected chi connectivity index (χ2v) is 38.8. The maximum absolute atomic E-state index is 6.13. The third kappa shape index (κ3) is 13.9. The fraction of sp³-hybridized carbons (Fsp3) is 0.394. The molecule has 16 nitrogen and oxygen atoms in total. The van der Waals surface area contributed by atoms with Crippen molar-refractivity contribution in [3.05, 3.63) is 160 Å². The Hall–Kier alpha value is -6.53. The summed E-state index contributed by atoms with van der Waals surface area (Å²) in [5, 5.41) is 2.20. The Morgan fingerprint density at radius 2 is 1.01 bits per heavy atom. The molecule has 3 aliphatic heterocycles. The average molecular weight is 1300 g/mol. The van der Waals surface area contributed by atoms with E-state index in [0.717, 1.165) is 148 Å². The number of ether oxygens (including phenoxy) is 2. The topological polar surface area (TPSA) is 156 Å². The second kappa shape index (κ2) is 25.3. The number of nitrogens with zero attached hydrogens (tertiary/aromatic N) is 12. The van der Waals surface area contributed by atoms with Gasteiger partial charge in [0.15, 0.2) is 11.3 Å². The Morgan fingerprint density at radius 1 is 0.535 bits per heavy atom. The van der Waals surface area contributed by atoms with Crippen LogP contribution >= 0.6 is 22.6 Å². The number of hydrogen-bond acceptors (Lipinski definition) is 14. The van der Waals surface area contributed by atoms with Crippen LogP contribution in [0.25, 0.3) is 55.3 Å². The number of aromatic nitrogens is 10. The summed E-state index contributed by atoms with van der Waals surface area (Å²) in [5.41, 5.74) is 13.3. The average Bonchev–Trinajstić information content (AvgIpc) is 1.78. The van der Waals surface area contributed by atoms with Crippen LogP contribution in [0.3, 0.4) is 0 Å². The van der Waals surface area contributed by atoms with Gasteiger partial charge in [-0.2, -0.15) is 0 Å². The maximum atomic E-state index is 6.13. The first-order chi connectivity index (χ1) is 41.1. The molecule has 86 heavy (non-hydrogen) atoms. The van der Waals surface area contributed by atoms with Crippen LogP contribution in [-0.4, -0.2) is 110 Å². The summed E-state index contributed by atoms with van der Waals surface area (Å²) in [4.78, 5) is 41.9. The highest BCUT2D eigenvalue weighted by Gasteiger charge is 2.52. The van der Waals surface area contributed by atoms with E-state index in [1.165, 1.54) is 25.8 Å². The lowest BCUT2D eigenvalue weighted by atomic mass is 9.80. The van der Waals surface area contributed by atoms with Crippen molar-refractivity contribution in [1.82, 2.24) is 49.0 Å². The zero-order chi connectivity index (χ0) is 60.5.